The maximum Gasteiger partial charge on any atom is 0.227 e. The van der Waals surface area contributed by atoms with Crippen LogP contribution in [0.3, 0.4) is 0 Å². The Bertz CT molecular complexity index is 515. The van der Waals surface area contributed by atoms with Gasteiger partial charge in [0.05, 0.1) is 6.54 Å². The average Bonchev–Trinajstić information content (AvgIpc) is 2.85. The van der Waals surface area contributed by atoms with Gasteiger partial charge in [0, 0.05) is 46.8 Å². The van der Waals surface area contributed by atoms with Crippen LogP contribution in [-0.4, -0.2) is 56.4 Å². The maximum absolute atomic E-state index is 11.7. The molecule has 1 aromatic carbocycles. The van der Waals surface area contributed by atoms with Gasteiger partial charge in [-0.2, -0.15) is 0 Å². The molecule has 0 aromatic heterocycles. The van der Waals surface area contributed by atoms with Crippen LogP contribution in [0.25, 0.3) is 0 Å². The number of amides is 1. The molecule has 6 heteroatoms. The molecule has 1 amide bonds. The summed E-state index contributed by atoms with van der Waals surface area (Å²) in [5, 5.41) is 0. The Morgan fingerprint density at radius 3 is 2.18 bits per heavy atom. The smallest absolute Gasteiger partial charge is 0.227 e. The van der Waals surface area contributed by atoms with E-state index < -0.39 is 0 Å². The van der Waals surface area contributed by atoms with Crippen LogP contribution in [-0.2, 0) is 11.3 Å². The van der Waals surface area contributed by atoms with Gasteiger partial charge in [0.1, 0.15) is 0 Å². The van der Waals surface area contributed by atoms with E-state index >= 15 is 0 Å². The fourth-order valence-corrected chi connectivity index (χ4v) is 2.55. The Hall–Kier alpha value is -1.31. The number of nitrogens with zero attached hydrogens (tertiary/aromatic N) is 4. The van der Waals surface area contributed by atoms with Gasteiger partial charge >= 0.3 is 0 Å². The third-order valence-electron chi connectivity index (χ3n) is 3.52. The summed E-state index contributed by atoms with van der Waals surface area (Å²) in [5.74, 6) is 1.16. The van der Waals surface area contributed by atoms with Gasteiger partial charge in [-0.05, 0) is 24.1 Å². The van der Waals surface area contributed by atoms with Crippen molar-refractivity contribution in [1.29, 1.82) is 0 Å². The van der Waals surface area contributed by atoms with E-state index in [4.69, 9.17) is 0 Å². The van der Waals surface area contributed by atoms with Gasteiger partial charge in [0.2, 0.25) is 5.91 Å². The molecule has 1 aliphatic heterocycles. The standard InChI is InChI=1S/C16H24N4O.HI/c1-18(2)16(19(3)4)17-12-13-7-9-14(10-8-13)20-11-5-6-15(20)21;/h7-10H,5-6,11-12H2,1-4H3;1H. The van der Waals surface area contributed by atoms with E-state index in [0.29, 0.717) is 13.0 Å². The van der Waals surface area contributed by atoms with Gasteiger partial charge in [0.15, 0.2) is 5.96 Å². The van der Waals surface area contributed by atoms with Crippen LogP contribution < -0.4 is 4.90 Å². The van der Waals surface area contributed by atoms with E-state index in [2.05, 4.69) is 4.99 Å². The summed E-state index contributed by atoms with van der Waals surface area (Å²) in [6, 6.07) is 8.12. The van der Waals surface area contributed by atoms with Crippen molar-refractivity contribution in [2.24, 2.45) is 4.99 Å². The summed E-state index contributed by atoms with van der Waals surface area (Å²) in [6.07, 6.45) is 1.63. The van der Waals surface area contributed by atoms with Crippen LogP contribution in [0.15, 0.2) is 29.3 Å². The van der Waals surface area contributed by atoms with Crippen molar-refractivity contribution in [3.63, 3.8) is 0 Å². The van der Waals surface area contributed by atoms with Gasteiger partial charge < -0.3 is 14.7 Å². The molecule has 0 unspecified atom stereocenters. The summed E-state index contributed by atoms with van der Waals surface area (Å²) in [4.78, 5) is 22.2. The van der Waals surface area contributed by atoms with Gasteiger partial charge in [0.25, 0.3) is 0 Å². The normalized spacial score (nSPS) is 13.6. The lowest BCUT2D eigenvalue weighted by molar-refractivity contribution is -0.117. The molecular weight excluding hydrogens is 391 g/mol. The number of benzene rings is 1. The third kappa shape index (κ3) is 4.59. The number of guanidine groups is 1. The van der Waals surface area contributed by atoms with Crippen molar-refractivity contribution >= 4 is 41.5 Å². The first-order valence-corrected chi connectivity index (χ1v) is 7.27. The van der Waals surface area contributed by atoms with Gasteiger partial charge in [-0.25, -0.2) is 4.99 Å². The molecule has 22 heavy (non-hydrogen) atoms. The largest absolute Gasteiger partial charge is 0.349 e. The molecule has 1 fully saturated rings. The molecular formula is C16H25IN4O. The molecule has 1 heterocycles. The minimum Gasteiger partial charge on any atom is -0.349 e. The van der Waals surface area contributed by atoms with E-state index in [1.165, 1.54) is 0 Å². The first kappa shape index (κ1) is 18.7. The zero-order chi connectivity index (χ0) is 15.4. The van der Waals surface area contributed by atoms with E-state index in [1.54, 1.807) is 0 Å². The minimum atomic E-state index is 0. The van der Waals surface area contributed by atoms with Crippen molar-refractivity contribution < 1.29 is 4.79 Å². The van der Waals surface area contributed by atoms with Gasteiger partial charge in [-0.1, -0.05) is 12.1 Å². The Morgan fingerprint density at radius 2 is 1.73 bits per heavy atom. The Kier molecular flexibility index (Phi) is 7.12. The zero-order valence-electron chi connectivity index (χ0n) is 13.7. The van der Waals surface area contributed by atoms with Crippen LogP contribution in [0.5, 0.6) is 0 Å². The molecule has 0 aliphatic carbocycles. The molecule has 0 radical (unpaired) electrons. The highest BCUT2D eigenvalue weighted by atomic mass is 127. The number of hydrogen-bond donors (Lipinski definition) is 0. The molecule has 122 valence electrons. The molecule has 0 N–H and O–H groups in total. The lowest BCUT2D eigenvalue weighted by atomic mass is 10.2. The van der Waals surface area contributed by atoms with Crippen LogP contribution in [0.1, 0.15) is 18.4 Å². The van der Waals surface area contributed by atoms with Crippen molar-refractivity contribution in [3.8, 4) is 0 Å². The number of halogens is 1. The average molecular weight is 416 g/mol. The van der Waals surface area contributed by atoms with Crippen LogP contribution >= 0.6 is 24.0 Å². The lowest BCUT2D eigenvalue weighted by Crippen LogP contribution is -2.35. The summed E-state index contributed by atoms with van der Waals surface area (Å²) < 4.78 is 0. The van der Waals surface area contributed by atoms with E-state index in [9.17, 15) is 4.79 Å². The van der Waals surface area contributed by atoms with Crippen LogP contribution in [0.4, 0.5) is 5.69 Å². The number of carbonyl (C=O) groups is 1. The minimum absolute atomic E-state index is 0. The van der Waals surface area contributed by atoms with Crippen molar-refractivity contribution in [1.82, 2.24) is 9.80 Å². The first-order chi connectivity index (χ1) is 9.99. The molecule has 0 spiro atoms. The number of anilines is 1. The highest BCUT2D eigenvalue weighted by molar-refractivity contribution is 14.0. The quantitative estimate of drug-likeness (QED) is 0.432. The van der Waals surface area contributed by atoms with Crippen LogP contribution in [0.2, 0.25) is 0 Å². The SMILES string of the molecule is CN(C)C(=NCc1ccc(N2CCCC2=O)cc1)N(C)C.I. The van der Waals surface area contributed by atoms with E-state index in [1.807, 2.05) is 67.2 Å². The van der Waals surface area contributed by atoms with E-state index in [0.717, 1.165) is 30.2 Å². The second-order valence-corrected chi connectivity index (χ2v) is 5.72. The van der Waals surface area contributed by atoms with Crippen molar-refractivity contribution in [2.45, 2.75) is 19.4 Å². The monoisotopic (exact) mass is 416 g/mol. The maximum atomic E-state index is 11.7. The highest BCUT2D eigenvalue weighted by Gasteiger charge is 2.21. The molecule has 1 aliphatic rings. The Labute approximate surface area is 150 Å². The van der Waals surface area contributed by atoms with Gasteiger partial charge in [-0.3, -0.25) is 4.79 Å². The van der Waals surface area contributed by atoms with Crippen molar-refractivity contribution in [3.05, 3.63) is 29.8 Å². The third-order valence-corrected chi connectivity index (χ3v) is 3.52. The number of aliphatic imine (C=N–C) groups is 1. The predicted molar refractivity (Wildman–Crippen MR) is 102 cm³/mol. The zero-order valence-corrected chi connectivity index (χ0v) is 16.1. The summed E-state index contributed by atoms with van der Waals surface area (Å²) in [6.45, 7) is 1.47. The summed E-state index contributed by atoms with van der Waals surface area (Å²) in [7, 11) is 7.95. The summed E-state index contributed by atoms with van der Waals surface area (Å²) >= 11 is 0. The fourth-order valence-electron chi connectivity index (χ4n) is 2.55. The number of carbonyl (C=O) groups excluding carboxylic acids is 1. The summed E-state index contributed by atoms with van der Waals surface area (Å²) in [5.41, 5.74) is 2.14. The Balaban J connectivity index is 0.00000242. The van der Waals surface area contributed by atoms with Crippen molar-refractivity contribution in [2.75, 3.05) is 39.6 Å². The Morgan fingerprint density at radius 1 is 1.14 bits per heavy atom. The molecule has 0 saturated carbocycles. The highest BCUT2D eigenvalue weighted by Crippen LogP contribution is 2.21. The van der Waals surface area contributed by atoms with E-state index in [-0.39, 0.29) is 29.9 Å². The lowest BCUT2D eigenvalue weighted by Gasteiger charge is -2.22. The molecule has 1 saturated heterocycles. The second-order valence-electron chi connectivity index (χ2n) is 5.72. The second kappa shape index (κ2) is 8.36. The molecule has 5 nitrogen and oxygen atoms in total. The predicted octanol–water partition coefficient (Wildman–Crippen LogP) is 2.41. The topological polar surface area (TPSA) is 39.1 Å². The van der Waals surface area contributed by atoms with Gasteiger partial charge in [-0.15, -0.1) is 24.0 Å². The number of rotatable bonds is 3. The fraction of sp³-hybridized carbons (Fsp3) is 0.500. The number of hydrogen-bond acceptors (Lipinski definition) is 2. The van der Waals surface area contributed by atoms with Crippen LogP contribution in [0, 0.1) is 0 Å². The first-order valence-electron chi connectivity index (χ1n) is 7.27. The molecule has 0 bridgehead atoms. The molecule has 0 atom stereocenters. The molecule has 2 rings (SSSR count). The molecule has 1 aromatic rings.